The highest BCUT2D eigenvalue weighted by Gasteiger charge is 2.36. The fraction of sp³-hybridized carbons (Fsp3) is 0.444. The molecule has 45 heavy (non-hydrogen) atoms. The summed E-state index contributed by atoms with van der Waals surface area (Å²) in [6.07, 6.45) is 13.6. The molecule has 0 radical (unpaired) electrons. The van der Waals surface area contributed by atoms with Crippen molar-refractivity contribution in [3.8, 4) is 11.5 Å². The van der Waals surface area contributed by atoms with Crippen LogP contribution in [0.3, 0.4) is 0 Å². The minimum atomic E-state index is -0.304. The van der Waals surface area contributed by atoms with Gasteiger partial charge in [0.1, 0.15) is 29.0 Å². The summed E-state index contributed by atoms with van der Waals surface area (Å²) in [4.78, 5) is 3.25. The summed E-state index contributed by atoms with van der Waals surface area (Å²) in [6, 6.07) is 14.1. The summed E-state index contributed by atoms with van der Waals surface area (Å²) < 4.78 is 27.1. The Morgan fingerprint density at radius 3 is 1.69 bits per heavy atom. The molecule has 0 amide bonds. The molecule has 3 aromatic carbocycles. The van der Waals surface area contributed by atoms with E-state index in [0.29, 0.717) is 41.5 Å². The predicted octanol–water partition coefficient (Wildman–Crippen LogP) is 10.4. The van der Waals surface area contributed by atoms with Gasteiger partial charge in [0.25, 0.3) is 0 Å². The number of nitrogen functional groups attached to an aromatic ring is 1. The van der Waals surface area contributed by atoms with Crippen LogP contribution in [0.2, 0.25) is 0 Å². The molecule has 0 fully saturated rings. The van der Waals surface area contributed by atoms with Crippen LogP contribution in [0.1, 0.15) is 102 Å². The number of hydrogen-bond donors (Lipinski definition) is 4. The van der Waals surface area contributed by atoms with Crippen LogP contribution in [0, 0.1) is 16.6 Å². The van der Waals surface area contributed by atoms with E-state index < -0.39 is 0 Å². The average Bonchev–Trinajstić information content (AvgIpc) is 3.33. The zero-order chi connectivity index (χ0) is 32.0. The largest absolute Gasteiger partial charge is 0.492 e. The number of halogens is 1. The van der Waals surface area contributed by atoms with E-state index in [1.54, 1.807) is 12.1 Å². The molecule has 1 aliphatic heterocycles. The van der Waals surface area contributed by atoms with E-state index in [0.717, 1.165) is 58.1 Å². The first-order valence-electron chi connectivity index (χ1n) is 16.3. The first-order valence-corrected chi connectivity index (χ1v) is 18.0. The number of para-hydroxylation sites is 1. The van der Waals surface area contributed by atoms with Crippen LogP contribution in [0.5, 0.6) is 11.5 Å². The number of benzene rings is 3. The Morgan fingerprint density at radius 1 is 0.667 bits per heavy atom. The number of ether oxygens (including phenoxy) is 2. The summed E-state index contributed by atoms with van der Waals surface area (Å²) in [5.74, 6) is 1.05. The molecular formula is C36H47FN4O2S2. The lowest BCUT2D eigenvalue weighted by Gasteiger charge is -2.23. The zero-order valence-corrected chi connectivity index (χ0v) is 28.2. The van der Waals surface area contributed by atoms with E-state index in [1.165, 1.54) is 74.2 Å². The van der Waals surface area contributed by atoms with Crippen LogP contribution in [-0.4, -0.2) is 24.9 Å². The van der Waals surface area contributed by atoms with Gasteiger partial charge in [0, 0.05) is 15.5 Å². The molecule has 6 nitrogen and oxygen atoms in total. The van der Waals surface area contributed by atoms with Gasteiger partial charge in [0.2, 0.25) is 0 Å². The van der Waals surface area contributed by atoms with Gasteiger partial charge in [-0.3, -0.25) is 10.8 Å². The minimum Gasteiger partial charge on any atom is -0.492 e. The zero-order valence-electron chi connectivity index (χ0n) is 26.6. The Kier molecular flexibility index (Phi) is 14.0. The van der Waals surface area contributed by atoms with E-state index >= 15 is 0 Å². The van der Waals surface area contributed by atoms with Gasteiger partial charge in [0.15, 0.2) is 0 Å². The van der Waals surface area contributed by atoms with Gasteiger partial charge in [-0.25, -0.2) is 4.39 Å². The molecule has 5 N–H and O–H groups in total. The Labute approximate surface area is 276 Å². The summed E-state index contributed by atoms with van der Waals surface area (Å²) in [5, 5.41) is 20.6. The van der Waals surface area contributed by atoms with Gasteiger partial charge < -0.3 is 20.5 Å². The van der Waals surface area contributed by atoms with Gasteiger partial charge in [-0.1, -0.05) is 114 Å². The van der Waals surface area contributed by atoms with Crippen molar-refractivity contribution in [2.75, 3.05) is 18.9 Å². The lowest BCUT2D eigenvalue weighted by atomic mass is 10.1. The third-order valence-electron chi connectivity index (χ3n) is 7.73. The standard InChI is InChI=1S/C36H47FN4O2S2/c1-3-5-7-9-11-15-23-42-31-29-30(36(40)41-35(29)39)32(43-24-16-12-10-8-6-4-2)34(45-28-18-14-13-17-27(28)38)33(31)44-26-21-19-25(37)20-22-26/h13-14,17-22H,3-12,15-16,23-24,38H2,1-2H3,(H3,39,40,41). The predicted molar refractivity (Wildman–Crippen MR) is 186 cm³/mol. The van der Waals surface area contributed by atoms with E-state index in [1.807, 2.05) is 24.3 Å². The third kappa shape index (κ3) is 9.66. The third-order valence-corrected chi connectivity index (χ3v) is 10.1. The van der Waals surface area contributed by atoms with Crippen molar-refractivity contribution in [1.82, 2.24) is 5.32 Å². The van der Waals surface area contributed by atoms with Crippen LogP contribution in [-0.2, 0) is 0 Å². The molecule has 242 valence electrons. The molecule has 3 aromatic rings. The monoisotopic (exact) mass is 650 g/mol. The van der Waals surface area contributed by atoms with Gasteiger partial charge in [-0.15, -0.1) is 0 Å². The number of hydrogen-bond acceptors (Lipinski definition) is 7. The number of fused-ring (bicyclic) bond motifs is 1. The number of rotatable bonds is 20. The van der Waals surface area contributed by atoms with Crippen molar-refractivity contribution >= 4 is 40.9 Å². The molecule has 0 spiro atoms. The van der Waals surface area contributed by atoms with Crippen molar-refractivity contribution in [3.63, 3.8) is 0 Å². The second-order valence-electron chi connectivity index (χ2n) is 11.4. The van der Waals surface area contributed by atoms with Crippen LogP contribution in [0.4, 0.5) is 10.1 Å². The molecule has 0 saturated heterocycles. The van der Waals surface area contributed by atoms with Crippen molar-refractivity contribution in [2.45, 2.75) is 110 Å². The summed E-state index contributed by atoms with van der Waals surface area (Å²) >= 11 is 2.94. The number of amidine groups is 2. The minimum absolute atomic E-state index is 0.120. The molecule has 1 aliphatic rings. The van der Waals surface area contributed by atoms with Gasteiger partial charge in [-0.2, -0.15) is 0 Å². The van der Waals surface area contributed by atoms with Crippen LogP contribution in [0.15, 0.2) is 68.1 Å². The maximum absolute atomic E-state index is 13.9. The first-order chi connectivity index (χ1) is 21.9. The van der Waals surface area contributed by atoms with Crippen molar-refractivity contribution in [3.05, 3.63) is 65.5 Å². The second kappa shape index (κ2) is 18.1. The van der Waals surface area contributed by atoms with E-state index in [2.05, 4.69) is 19.2 Å². The highest BCUT2D eigenvalue weighted by molar-refractivity contribution is 8.02. The number of unbranched alkanes of at least 4 members (excludes halogenated alkanes) is 10. The molecule has 4 rings (SSSR count). The molecular weight excluding hydrogens is 604 g/mol. The van der Waals surface area contributed by atoms with Crippen molar-refractivity contribution < 1.29 is 13.9 Å². The molecule has 1 heterocycles. The lowest BCUT2D eigenvalue weighted by Crippen LogP contribution is -2.20. The molecule has 0 saturated carbocycles. The Morgan fingerprint density at radius 2 is 1.16 bits per heavy atom. The molecule has 0 atom stereocenters. The SMILES string of the molecule is CCCCCCCCOc1c(Sc2ccc(F)cc2)c(Sc2ccccc2N)c(OCCCCCCCC)c2c1C(=N)NC2=N. The van der Waals surface area contributed by atoms with E-state index in [9.17, 15) is 4.39 Å². The summed E-state index contributed by atoms with van der Waals surface area (Å²) in [5.41, 5.74) is 8.16. The maximum Gasteiger partial charge on any atom is 0.146 e. The van der Waals surface area contributed by atoms with Crippen LogP contribution >= 0.6 is 23.5 Å². The fourth-order valence-electron chi connectivity index (χ4n) is 5.27. The van der Waals surface area contributed by atoms with E-state index in [4.69, 9.17) is 26.0 Å². The van der Waals surface area contributed by atoms with Gasteiger partial charge in [0.05, 0.1) is 34.1 Å². The van der Waals surface area contributed by atoms with Crippen LogP contribution < -0.4 is 20.5 Å². The molecule has 0 aliphatic carbocycles. The second-order valence-corrected chi connectivity index (χ2v) is 13.5. The highest BCUT2D eigenvalue weighted by Crippen LogP contribution is 2.54. The van der Waals surface area contributed by atoms with Crippen molar-refractivity contribution in [1.29, 1.82) is 10.8 Å². The molecule has 0 aromatic heterocycles. The molecule has 0 bridgehead atoms. The summed E-state index contributed by atoms with van der Waals surface area (Å²) in [6.45, 7) is 5.41. The van der Waals surface area contributed by atoms with Crippen molar-refractivity contribution in [2.24, 2.45) is 0 Å². The van der Waals surface area contributed by atoms with Gasteiger partial charge in [-0.05, 0) is 49.2 Å². The first kappa shape index (κ1) is 34.7. The smallest absolute Gasteiger partial charge is 0.146 e. The lowest BCUT2D eigenvalue weighted by molar-refractivity contribution is 0.283. The Bertz CT molecular complexity index is 1430. The fourth-order valence-corrected chi connectivity index (χ4v) is 7.45. The quantitative estimate of drug-likeness (QED) is 0.0716. The highest BCUT2D eigenvalue weighted by atomic mass is 32.2. The molecule has 9 heteroatoms. The van der Waals surface area contributed by atoms with E-state index in [-0.39, 0.29) is 17.5 Å². The normalized spacial score (nSPS) is 12.3. The average molecular weight is 651 g/mol. The number of anilines is 1. The summed E-state index contributed by atoms with van der Waals surface area (Å²) in [7, 11) is 0. The Balaban J connectivity index is 1.78. The van der Waals surface area contributed by atoms with Gasteiger partial charge >= 0.3 is 0 Å². The topological polar surface area (TPSA) is 104 Å². The number of nitrogens with two attached hydrogens (primary N) is 1. The van der Waals surface area contributed by atoms with Crippen LogP contribution in [0.25, 0.3) is 0 Å². The molecule has 0 unspecified atom stereocenters. The number of nitrogens with one attached hydrogen (secondary N) is 3. The maximum atomic E-state index is 13.9. The Hall–Kier alpha value is -3.17.